The first-order valence-electron chi connectivity index (χ1n) is 10.3. The van der Waals surface area contributed by atoms with Crippen molar-refractivity contribution < 1.29 is 13.2 Å². The molecule has 1 fully saturated rings. The van der Waals surface area contributed by atoms with Crippen LogP contribution in [0.15, 0.2) is 65.7 Å². The maximum absolute atomic E-state index is 12.8. The van der Waals surface area contributed by atoms with Crippen molar-refractivity contribution in [2.24, 2.45) is 0 Å². The Morgan fingerprint density at radius 2 is 1.67 bits per heavy atom. The lowest BCUT2D eigenvalue weighted by atomic mass is 10.1. The Labute approximate surface area is 203 Å². The molecule has 2 heterocycles. The van der Waals surface area contributed by atoms with Crippen LogP contribution in [0.3, 0.4) is 0 Å². The number of hydrogen-bond donors (Lipinski definition) is 1. The Morgan fingerprint density at radius 1 is 0.970 bits per heavy atom. The molecule has 1 saturated heterocycles. The van der Waals surface area contributed by atoms with Crippen LogP contribution in [0, 0.1) is 6.92 Å². The SMILES string of the molecule is Cc1ccc(S(=O)(=O)Nc2ccc(N3CCN(C(=O)c4ccc(Cl)cc4Cl)CC3)nc2)cc1. The second-order valence-corrected chi connectivity index (χ2v) is 10.3. The number of anilines is 2. The van der Waals surface area contributed by atoms with Crippen LogP contribution < -0.4 is 9.62 Å². The topological polar surface area (TPSA) is 82.6 Å². The molecule has 1 aliphatic rings. The van der Waals surface area contributed by atoms with Gasteiger partial charge in [0.2, 0.25) is 0 Å². The van der Waals surface area contributed by atoms with E-state index in [9.17, 15) is 13.2 Å². The third-order valence-corrected chi connectivity index (χ3v) is 7.33. The van der Waals surface area contributed by atoms with Crippen molar-refractivity contribution in [1.82, 2.24) is 9.88 Å². The van der Waals surface area contributed by atoms with E-state index in [1.165, 1.54) is 6.20 Å². The molecule has 0 atom stereocenters. The molecule has 0 unspecified atom stereocenters. The quantitative estimate of drug-likeness (QED) is 0.554. The van der Waals surface area contributed by atoms with Gasteiger partial charge in [0, 0.05) is 31.2 Å². The van der Waals surface area contributed by atoms with E-state index in [1.54, 1.807) is 59.5 Å². The number of hydrogen-bond acceptors (Lipinski definition) is 5. The number of nitrogens with zero attached hydrogens (tertiary/aromatic N) is 3. The van der Waals surface area contributed by atoms with Crippen LogP contribution in [-0.4, -0.2) is 50.4 Å². The molecule has 0 saturated carbocycles. The van der Waals surface area contributed by atoms with E-state index in [4.69, 9.17) is 23.2 Å². The van der Waals surface area contributed by atoms with Crippen molar-refractivity contribution in [3.8, 4) is 0 Å². The van der Waals surface area contributed by atoms with Gasteiger partial charge in [0.25, 0.3) is 15.9 Å². The summed E-state index contributed by atoms with van der Waals surface area (Å²) in [4.78, 5) is 21.2. The molecule has 172 valence electrons. The van der Waals surface area contributed by atoms with Crippen molar-refractivity contribution in [2.45, 2.75) is 11.8 Å². The van der Waals surface area contributed by atoms with Gasteiger partial charge in [0.15, 0.2) is 0 Å². The number of pyridine rings is 1. The number of halogens is 2. The first-order chi connectivity index (χ1) is 15.7. The minimum atomic E-state index is -3.68. The number of amides is 1. The lowest BCUT2D eigenvalue weighted by Gasteiger charge is -2.35. The number of sulfonamides is 1. The summed E-state index contributed by atoms with van der Waals surface area (Å²) in [5.41, 5.74) is 1.79. The van der Waals surface area contributed by atoms with E-state index < -0.39 is 10.0 Å². The van der Waals surface area contributed by atoms with E-state index in [-0.39, 0.29) is 10.8 Å². The van der Waals surface area contributed by atoms with Gasteiger partial charge in [-0.1, -0.05) is 40.9 Å². The fraction of sp³-hybridized carbons (Fsp3) is 0.217. The lowest BCUT2D eigenvalue weighted by molar-refractivity contribution is 0.0746. The highest BCUT2D eigenvalue weighted by molar-refractivity contribution is 7.92. The number of aryl methyl sites for hydroxylation is 1. The molecule has 1 aromatic heterocycles. The average Bonchev–Trinajstić information content (AvgIpc) is 2.79. The van der Waals surface area contributed by atoms with Gasteiger partial charge < -0.3 is 9.80 Å². The largest absolute Gasteiger partial charge is 0.353 e. The van der Waals surface area contributed by atoms with E-state index in [0.29, 0.717) is 53.3 Å². The zero-order chi connectivity index (χ0) is 23.6. The maximum atomic E-state index is 12.8. The highest BCUT2D eigenvalue weighted by Crippen LogP contribution is 2.24. The van der Waals surface area contributed by atoms with Crippen molar-refractivity contribution in [1.29, 1.82) is 0 Å². The van der Waals surface area contributed by atoms with Gasteiger partial charge in [0.05, 0.1) is 27.4 Å². The van der Waals surface area contributed by atoms with Crippen LogP contribution in [0.5, 0.6) is 0 Å². The number of aromatic nitrogens is 1. The summed E-state index contributed by atoms with van der Waals surface area (Å²) in [5, 5.41) is 0.817. The first kappa shape index (κ1) is 23.4. The van der Waals surface area contributed by atoms with Gasteiger partial charge in [-0.05, 0) is 49.4 Å². The Morgan fingerprint density at radius 3 is 2.27 bits per heavy atom. The van der Waals surface area contributed by atoms with Gasteiger partial charge in [-0.15, -0.1) is 0 Å². The zero-order valence-corrected chi connectivity index (χ0v) is 20.2. The number of rotatable bonds is 5. The molecule has 3 aromatic rings. The Hall–Kier alpha value is -2.81. The van der Waals surface area contributed by atoms with Gasteiger partial charge >= 0.3 is 0 Å². The molecule has 1 N–H and O–H groups in total. The van der Waals surface area contributed by atoms with Crippen molar-refractivity contribution in [3.63, 3.8) is 0 Å². The van der Waals surface area contributed by atoms with Crippen molar-refractivity contribution >= 4 is 50.6 Å². The molecule has 1 amide bonds. The van der Waals surface area contributed by atoms with E-state index in [1.807, 2.05) is 11.8 Å². The Balaban J connectivity index is 1.37. The van der Waals surface area contributed by atoms with E-state index in [2.05, 4.69) is 9.71 Å². The highest BCUT2D eigenvalue weighted by atomic mass is 35.5. The van der Waals surface area contributed by atoms with Gasteiger partial charge in [0.1, 0.15) is 5.82 Å². The fourth-order valence-electron chi connectivity index (χ4n) is 3.54. The molecule has 0 spiro atoms. The third kappa shape index (κ3) is 5.40. The Kier molecular flexibility index (Phi) is 6.78. The maximum Gasteiger partial charge on any atom is 0.261 e. The predicted octanol–water partition coefficient (Wildman–Crippen LogP) is 4.46. The molecule has 0 bridgehead atoms. The average molecular weight is 505 g/mol. The monoisotopic (exact) mass is 504 g/mol. The van der Waals surface area contributed by atoms with Crippen LogP contribution in [0.4, 0.5) is 11.5 Å². The van der Waals surface area contributed by atoms with Gasteiger partial charge in [-0.3, -0.25) is 9.52 Å². The highest BCUT2D eigenvalue weighted by Gasteiger charge is 2.24. The van der Waals surface area contributed by atoms with Crippen molar-refractivity contribution in [3.05, 3.63) is 82.0 Å². The molecule has 1 aliphatic heterocycles. The van der Waals surface area contributed by atoms with Crippen LogP contribution in [0.25, 0.3) is 0 Å². The number of carbonyl (C=O) groups is 1. The lowest BCUT2D eigenvalue weighted by Crippen LogP contribution is -2.49. The molecule has 4 rings (SSSR count). The molecule has 33 heavy (non-hydrogen) atoms. The summed E-state index contributed by atoms with van der Waals surface area (Å²) in [6.07, 6.45) is 1.49. The number of nitrogens with one attached hydrogen (secondary N) is 1. The van der Waals surface area contributed by atoms with Crippen molar-refractivity contribution in [2.75, 3.05) is 35.8 Å². The summed E-state index contributed by atoms with van der Waals surface area (Å²) < 4.78 is 27.7. The van der Waals surface area contributed by atoms with Crippen LogP contribution in [0.2, 0.25) is 10.0 Å². The second-order valence-electron chi connectivity index (χ2n) is 7.73. The number of piperazine rings is 1. The summed E-state index contributed by atoms with van der Waals surface area (Å²) in [6.45, 7) is 4.12. The molecule has 0 aliphatic carbocycles. The summed E-state index contributed by atoms with van der Waals surface area (Å²) in [7, 11) is -3.68. The van der Waals surface area contributed by atoms with Gasteiger partial charge in [-0.25, -0.2) is 13.4 Å². The molecular weight excluding hydrogens is 483 g/mol. The second kappa shape index (κ2) is 9.59. The molecule has 10 heteroatoms. The van der Waals surface area contributed by atoms with E-state index >= 15 is 0 Å². The van der Waals surface area contributed by atoms with E-state index in [0.717, 1.165) is 5.56 Å². The Bertz CT molecular complexity index is 1260. The summed E-state index contributed by atoms with van der Waals surface area (Å²) in [5.74, 6) is 0.579. The van der Waals surface area contributed by atoms with Gasteiger partial charge in [-0.2, -0.15) is 0 Å². The molecule has 7 nitrogen and oxygen atoms in total. The number of carbonyl (C=O) groups excluding carboxylic acids is 1. The number of benzene rings is 2. The molecular formula is C23H22Cl2N4O3S. The molecule has 2 aromatic carbocycles. The summed E-state index contributed by atoms with van der Waals surface area (Å²) in [6, 6.07) is 14.9. The smallest absolute Gasteiger partial charge is 0.261 e. The van der Waals surface area contributed by atoms with Crippen LogP contribution in [0.1, 0.15) is 15.9 Å². The normalized spacial score (nSPS) is 14.3. The predicted molar refractivity (Wildman–Crippen MR) is 131 cm³/mol. The standard InChI is InChI=1S/C23H22Cl2N4O3S/c1-16-2-6-19(7-3-16)33(31,32)27-18-5-9-22(26-15-18)28-10-12-29(13-11-28)23(30)20-8-4-17(24)14-21(20)25/h2-9,14-15,27H,10-13H2,1H3. The van der Waals surface area contributed by atoms with Crippen LogP contribution >= 0.6 is 23.2 Å². The molecule has 0 radical (unpaired) electrons. The fourth-order valence-corrected chi connectivity index (χ4v) is 5.07. The third-order valence-electron chi connectivity index (χ3n) is 5.38. The minimum Gasteiger partial charge on any atom is -0.353 e. The van der Waals surface area contributed by atoms with Crippen LogP contribution in [-0.2, 0) is 10.0 Å². The summed E-state index contributed by atoms with van der Waals surface area (Å²) >= 11 is 12.1. The minimum absolute atomic E-state index is 0.134. The zero-order valence-electron chi connectivity index (χ0n) is 17.8. The first-order valence-corrected chi connectivity index (χ1v) is 12.5.